The summed E-state index contributed by atoms with van der Waals surface area (Å²) in [5, 5.41) is 5.37. The van der Waals surface area contributed by atoms with Crippen molar-refractivity contribution in [1.29, 1.82) is 0 Å². The zero-order chi connectivity index (χ0) is 12.4. The molecule has 1 saturated heterocycles. The van der Waals surface area contributed by atoms with Gasteiger partial charge in [0.05, 0.1) is 16.3 Å². The number of nitrogens with zero attached hydrogens (tertiary/aromatic N) is 1. The minimum atomic E-state index is -0.977. The van der Waals surface area contributed by atoms with Crippen molar-refractivity contribution in [2.45, 2.75) is 23.1 Å². The predicted octanol–water partition coefficient (Wildman–Crippen LogP) is 2.09. The van der Waals surface area contributed by atoms with Crippen molar-refractivity contribution in [3.63, 3.8) is 0 Å². The number of piperidine rings is 1. The molecule has 94 valence electrons. The van der Waals surface area contributed by atoms with Crippen LogP contribution in [0, 0.1) is 0 Å². The summed E-state index contributed by atoms with van der Waals surface area (Å²) in [6, 6.07) is 11.9. The van der Waals surface area contributed by atoms with E-state index in [2.05, 4.69) is 10.3 Å². The first-order chi connectivity index (χ1) is 8.84. The Bertz CT molecular complexity index is 579. The zero-order valence-electron chi connectivity index (χ0n) is 10.1. The minimum absolute atomic E-state index is 0.250. The molecule has 1 aromatic carbocycles. The van der Waals surface area contributed by atoms with Crippen LogP contribution >= 0.6 is 0 Å². The van der Waals surface area contributed by atoms with Crippen molar-refractivity contribution < 1.29 is 4.21 Å². The van der Waals surface area contributed by atoms with Crippen LogP contribution in [0.1, 0.15) is 12.8 Å². The molecule has 1 N–H and O–H groups in total. The van der Waals surface area contributed by atoms with Crippen LogP contribution in [0.4, 0.5) is 0 Å². The van der Waals surface area contributed by atoms with E-state index in [1.54, 1.807) is 0 Å². The van der Waals surface area contributed by atoms with Gasteiger partial charge in [0.2, 0.25) is 0 Å². The largest absolute Gasteiger partial charge is 0.317 e. The Labute approximate surface area is 109 Å². The molecule has 0 bridgehead atoms. The normalized spacial score (nSPS) is 18.9. The van der Waals surface area contributed by atoms with Gasteiger partial charge in [-0.25, -0.2) is 4.98 Å². The minimum Gasteiger partial charge on any atom is -0.317 e. The molecule has 2 aromatic rings. The van der Waals surface area contributed by atoms with E-state index >= 15 is 0 Å². The number of hydrogen-bond donors (Lipinski definition) is 1. The van der Waals surface area contributed by atoms with E-state index in [-0.39, 0.29) is 5.25 Å². The first kappa shape index (κ1) is 11.8. The number of para-hydroxylation sites is 1. The molecule has 1 unspecified atom stereocenters. The van der Waals surface area contributed by atoms with Crippen molar-refractivity contribution in [2.75, 3.05) is 13.1 Å². The number of hydrogen-bond acceptors (Lipinski definition) is 3. The van der Waals surface area contributed by atoms with Gasteiger partial charge in [0, 0.05) is 10.6 Å². The molecule has 4 heteroatoms. The highest BCUT2D eigenvalue weighted by Gasteiger charge is 2.21. The number of benzene rings is 1. The lowest BCUT2D eigenvalue weighted by molar-refractivity contribution is 0.519. The van der Waals surface area contributed by atoms with Gasteiger partial charge in [-0.05, 0) is 38.1 Å². The van der Waals surface area contributed by atoms with Gasteiger partial charge in [0.15, 0.2) is 0 Å². The average Bonchev–Trinajstić information content (AvgIpc) is 2.47. The Morgan fingerprint density at radius 1 is 1.11 bits per heavy atom. The van der Waals surface area contributed by atoms with E-state index in [1.165, 1.54) is 0 Å². The topological polar surface area (TPSA) is 42.0 Å². The maximum absolute atomic E-state index is 12.5. The fraction of sp³-hybridized carbons (Fsp3) is 0.357. The summed E-state index contributed by atoms with van der Waals surface area (Å²) in [6.45, 7) is 1.92. The van der Waals surface area contributed by atoms with E-state index in [4.69, 9.17) is 0 Å². The Morgan fingerprint density at radius 3 is 2.72 bits per heavy atom. The van der Waals surface area contributed by atoms with Crippen LogP contribution in [0.25, 0.3) is 10.9 Å². The van der Waals surface area contributed by atoms with Crippen LogP contribution in [0.2, 0.25) is 0 Å². The molecule has 2 heterocycles. The van der Waals surface area contributed by atoms with Crippen LogP contribution in [-0.4, -0.2) is 27.5 Å². The fourth-order valence-corrected chi connectivity index (χ4v) is 3.74. The fourth-order valence-electron chi connectivity index (χ4n) is 2.34. The maximum Gasteiger partial charge on any atom is 0.128 e. The number of aromatic nitrogens is 1. The van der Waals surface area contributed by atoms with Crippen molar-refractivity contribution in [1.82, 2.24) is 10.3 Å². The maximum atomic E-state index is 12.5. The monoisotopic (exact) mass is 260 g/mol. The first-order valence-corrected chi connectivity index (χ1v) is 7.53. The summed E-state index contributed by atoms with van der Waals surface area (Å²) in [7, 11) is -0.977. The summed E-state index contributed by atoms with van der Waals surface area (Å²) in [6.07, 6.45) is 1.95. The third-order valence-electron chi connectivity index (χ3n) is 3.37. The summed E-state index contributed by atoms with van der Waals surface area (Å²) >= 11 is 0. The highest BCUT2D eigenvalue weighted by atomic mass is 32.2. The zero-order valence-corrected chi connectivity index (χ0v) is 11.0. The highest BCUT2D eigenvalue weighted by Crippen LogP contribution is 2.19. The van der Waals surface area contributed by atoms with Crippen LogP contribution in [-0.2, 0) is 10.8 Å². The quantitative estimate of drug-likeness (QED) is 0.899. The molecular weight excluding hydrogens is 244 g/mol. The standard InChI is InChI=1S/C14H16N2OS/c17-18(12-7-9-15-10-8-12)14-6-5-11-3-1-2-4-13(11)16-14/h1-6,12,15H,7-10H2. The Hall–Kier alpha value is -1.26. The summed E-state index contributed by atoms with van der Waals surface area (Å²) < 4.78 is 12.5. The number of nitrogens with one attached hydrogen (secondary N) is 1. The molecule has 0 saturated carbocycles. The SMILES string of the molecule is O=S(c1ccc2ccccc2n1)C1CCNCC1. The molecule has 18 heavy (non-hydrogen) atoms. The molecule has 1 atom stereocenters. The van der Waals surface area contributed by atoms with Crippen LogP contribution in [0.15, 0.2) is 41.4 Å². The molecule has 1 aliphatic rings. The van der Waals surface area contributed by atoms with Crippen LogP contribution in [0.3, 0.4) is 0 Å². The molecule has 3 rings (SSSR count). The van der Waals surface area contributed by atoms with Gasteiger partial charge in [-0.3, -0.25) is 4.21 Å². The average molecular weight is 260 g/mol. The third kappa shape index (κ3) is 2.31. The van der Waals surface area contributed by atoms with E-state index in [0.717, 1.165) is 41.9 Å². The number of rotatable bonds is 2. The van der Waals surface area contributed by atoms with Gasteiger partial charge in [0.1, 0.15) is 5.03 Å². The second-order valence-electron chi connectivity index (χ2n) is 4.59. The van der Waals surface area contributed by atoms with Gasteiger partial charge in [-0.15, -0.1) is 0 Å². The van der Waals surface area contributed by atoms with Gasteiger partial charge in [-0.1, -0.05) is 24.3 Å². The number of pyridine rings is 1. The molecule has 1 aliphatic heterocycles. The Balaban J connectivity index is 1.91. The van der Waals surface area contributed by atoms with Crippen LogP contribution < -0.4 is 5.32 Å². The molecule has 0 amide bonds. The van der Waals surface area contributed by atoms with Crippen molar-refractivity contribution >= 4 is 21.7 Å². The molecule has 1 fully saturated rings. The van der Waals surface area contributed by atoms with Crippen molar-refractivity contribution in [2.24, 2.45) is 0 Å². The first-order valence-electron chi connectivity index (χ1n) is 6.32. The van der Waals surface area contributed by atoms with Crippen molar-refractivity contribution in [3.8, 4) is 0 Å². The molecule has 0 spiro atoms. The number of fused-ring (bicyclic) bond motifs is 1. The van der Waals surface area contributed by atoms with E-state index in [1.807, 2.05) is 36.4 Å². The third-order valence-corrected chi connectivity index (χ3v) is 5.08. The van der Waals surface area contributed by atoms with Crippen molar-refractivity contribution in [3.05, 3.63) is 36.4 Å². The Kier molecular flexibility index (Phi) is 3.39. The lowest BCUT2D eigenvalue weighted by Crippen LogP contribution is -2.33. The van der Waals surface area contributed by atoms with E-state index in [0.29, 0.717) is 0 Å². The molecule has 1 aromatic heterocycles. The van der Waals surface area contributed by atoms with Gasteiger partial charge in [-0.2, -0.15) is 0 Å². The summed E-state index contributed by atoms with van der Waals surface area (Å²) in [5.74, 6) is 0. The van der Waals surface area contributed by atoms with Gasteiger partial charge >= 0.3 is 0 Å². The Morgan fingerprint density at radius 2 is 1.89 bits per heavy atom. The summed E-state index contributed by atoms with van der Waals surface area (Å²) in [4.78, 5) is 4.53. The predicted molar refractivity (Wildman–Crippen MR) is 74.0 cm³/mol. The molecule has 0 aliphatic carbocycles. The smallest absolute Gasteiger partial charge is 0.128 e. The second-order valence-corrected chi connectivity index (χ2v) is 6.27. The lowest BCUT2D eigenvalue weighted by atomic mass is 10.2. The second kappa shape index (κ2) is 5.16. The lowest BCUT2D eigenvalue weighted by Gasteiger charge is -2.21. The molecule has 3 nitrogen and oxygen atoms in total. The summed E-state index contributed by atoms with van der Waals surface area (Å²) in [5.41, 5.74) is 0.928. The highest BCUT2D eigenvalue weighted by molar-refractivity contribution is 7.85. The van der Waals surface area contributed by atoms with E-state index < -0.39 is 10.8 Å². The van der Waals surface area contributed by atoms with Gasteiger partial charge in [0.25, 0.3) is 0 Å². The molecule has 0 radical (unpaired) electrons. The van der Waals surface area contributed by atoms with E-state index in [9.17, 15) is 4.21 Å². The van der Waals surface area contributed by atoms with Crippen LogP contribution in [0.5, 0.6) is 0 Å². The molecular formula is C14H16N2OS. The van der Waals surface area contributed by atoms with Gasteiger partial charge < -0.3 is 5.32 Å².